The van der Waals surface area contributed by atoms with Gasteiger partial charge in [0.05, 0.1) is 0 Å². The minimum atomic E-state index is -4.15. The van der Waals surface area contributed by atoms with Gasteiger partial charge in [-0.05, 0) is 36.4 Å². The van der Waals surface area contributed by atoms with Crippen LogP contribution >= 0.6 is 0 Å². The smallest absolute Gasteiger partial charge is 0.272 e. The molecule has 0 radical (unpaired) electrons. The molecule has 1 fully saturated rings. The highest BCUT2D eigenvalue weighted by Crippen LogP contribution is 2.32. The van der Waals surface area contributed by atoms with Crippen molar-refractivity contribution in [2.45, 2.75) is 23.4 Å². The van der Waals surface area contributed by atoms with Crippen molar-refractivity contribution in [2.24, 2.45) is 4.99 Å². The van der Waals surface area contributed by atoms with Gasteiger partial charge in [-0.15, -0.1) is 0 Å². The first kappa shape index (κ1) is 19.6. The van der Waals surface area contributed by atoms with Gasteiger partial charge in [-0.25, -0.2) is 21.6 Å². The first-order chi connectivity index (χ1) is 13.7. The normalized spacial score (nSPS) is 19.3. The Labute approximate surface area is 165 Å². The first-order valence-corrected chi connectivity index (χ1v) is 10.3. The molecule has 2 aliphatic rings. The molecule has 1 spiro atoms. The van der Waals surface area contributed by atoms with E-state index in [4.69, 9.17) is 0 Å². The number of halogens is 3. The molecule has 0 bridgehead atoms. The summed E-state index contributed by atoms with van der Waals surface area (Å²) in [5.41, 5.74) is -0.344. The lowest BCUT2D eigenvalue weighted by Gasteiger charge is -2.36. The quantitative estimate of drug-likeness (QED) is 0.822. The van der Waals surface area contributed by atoms with Crippen LogP contribution in [0.15, 0.2) is 52.4 Å². The van der Waals surface area contributed by atoms with Crippen LogP contribution < -0.4 is 5.32 Å². The van der Waals surface area contributed by atoms with Gasteiger partial charge in [0.25, 0.3) is 5.91 Å². The van der Waals surface area contributed by atoms with Crippen LogP contribution in [0.4, 0.5) is 13.2 Å². The number of nitrogens with zero attached hydrogens (tertiary/aromatic N) is 2. The van der Waals surface area contributed by atoms with Crippen molar-refractivity contribution in [1.29, 1.82) is 0 Å². The van der Waals surface area contributed by atoms with Crippen molar-refractivity contribution < 1.29 is 26.4 Å². The molecule has 1 saturated heterocycles. The molecule has 0 aromatic heterocycles. The third-order valence-corrected chi connectivity index (χ3v) is 7.00. The van der Waals surface area contributed by atoms with Crippen LogP contribution in [0.2, 0.25) is 0 Å². The van der Waals surface area contributed by atoms with E-state index in [9.17, 15) is 26.4 Å². The summed E-state index contributed by atoms with van der Waals surface area (Å²) in [6.45, 7) is -0.000739. The Morgan fingerprint density at radius 1 is 0.966 bits per heavy atom. The van der Waals surface area contributed by atoms with Crippen LogP contribution in [-0.2, 0) is 14.8 Å². The van der Waals surface area contributed by atoms with E-state index in [-0.39, 0.29) is 31.6 Å². The fourth-order valence-electron chi connectivity index (χ4n) is 3.52. The summed E-state index contributed by atoms with van der Waals surface area (Å²) < 4.78 is 66.7. The van der Waals surface area contributed by atoms with E-state index >= 15 is 0 Å². The zero-order valence-corrected chi connectivity index (χ0v) is 15.8. The molecule has 152 valence electrons. The average molecular weight is 423 g/mol. The summed E-state index contributed by atoms with van der Waals surface area (Å²) in [6, 6.07) is 7.65. The van der Waals surface area contributed by atoms with E-state index < -0.39 is 43.9 Å². The Bertz CT molecular complexity index is 1110. The van der Waals surface area contributed by atoms with E-state index in [1.807, 2.05) is 0 Å². The lowest BCUT2D eigenvalue weighted by molar-refractivity contribution is -0.115. The molecule has 2 heterocycles. The van der Waals surface area contributed by atoms with Crippen LogP contribution in [0.5, 0.6) is 0 Å². The SMILES string of the molecule is O=C1NC2(CCN(S(=O)(=O)c3ccc(F)cc3F)CC2)N=C1c1ccc(F)cc1. The summed E-state index contributed by atoms with van der Waals surface area (Å²) in [7, 11) is -4.15. The maximum atomic E-state index is 14.0. The molecule has 1 N–H and O–H groups in total. The van der Waals surface area contributed by atoms with Gasteiger partial charge >= 0.3 is 0 Å². The maximum Gasteiger partial charge on any atom is 0.272 e. The summed E-state index contributed by atoms with van der Waals surface area (Å²) in [4.78, 5) is 16.2. The predicted octanol–water partition coefficient (Wildman–Crippen LogP) is 2.20. The number of piperidine rings is 1. The molecule has 6 nitrogen and oxygen atoms in total. The highest BCUT2D eigenvalue weighted by atomic mass is 32.2. The van der Waals surface area contributed by atoms with E-state index in [1.165, 1.54) is 24.3 Å². The molecule has 0 saturated carbocycles. The number of nitrogens with one attached hydrogen (secondary N) is 1. The molecule has 2 aromatic carbocycles. The fourth-order valence-corrected chi connectivity index (χ4v) is 5.01. The Hall–Kier alpha value is -2.72. The zero-order valence-electron chi connectivity index (χ0n) is 15.0. The van der Waals surface area contributed by atoms with Crippen LogP contribution in [-0.4, -0.2) is 43.1 Å². The second-order valence-electron chi connectivity index (χ2n) is 6.93. The van der Waals surface area contributed by atoms with E-state index in [0.717, 1.165) is 16.4 Å². The fraction of sp³-hybridized carbons (Fsp3) is 0.263. The van der Waals surface area contributed by atoms with Gasteiger partial charge in [0, 0.05) is 37.6 Å². The lowest BCUT2D eigenvalue weighted by Crippen LogP contribution is -2.52. The Morgan fingerprint density at radius 3 is 2.21 bits per heavy atom. The third kappa shape index (κ3) is 3.53. The molecular formula is C19H16F3N3O3S. The number of aliphatic imine (C=N–C) groups is 1. The van der Waals surface area contributed by atoms with Gasteiger partial charge in [0.1, 0.15) is 33.7 Å². The van der Waals surface area contributed by atoms with E-state index in [0.29, 0.717) is 11.6 Å². The van der Waals surface area contributed by atoms with Gasteiger partial charge in [0.2, 0.25) is 10.0 Å². The standard InChI is InChI=1S/C19H16F3N3O3S/c20-13-3-1-12(2-4-13)17-18(26)24-19(23-17)7-9-25(10-8-19)29(27,28)16-6-5-14(21)11-15(16)22/h1-6,11H,7-10H2,(H,24,26). The number of carbonyl (C=O) groups excluding carboxylic acids is 1. The van der Waals surface area contributed by atoms with Crippen molar-refractivity contribution >= 4 is 21.6 Å². The molecule has 2 aromatic rings. The average Bonchev–Trinajstić information content (AvgIpc) is 2.98. The molecule has 10 heteroatoms. The van der Waals surface area contributed by atoms with Gasteiger partial charge in [-0.3, -0.25) is 9.79 Å². The van der Waals surface area contributed by atoms with Gasteiger partial charge in [-0.1, -0.05) is 0 Å². The second kappa shape index (κ2) is 6.96. The lowest BCUT2D eigenvalue weighted by atomic mass is 10.00. The zero-order chi connectivity index (χ0) is 20.8. The molecule has 0 aliphatic carbocycles. The van der Waals surface area contributed by atoms with Crippen molar-refractivity contribution in [3.05, 3.63) is 65.5 Å². The highest BCUT2D eigenvalue weighted by Gasteiger charge is 2.44. The van der Waals surface area contributed by atoms with Crippen LogP contribution in [0.1, 0.15) is 18.4 Å². The number of carbonyl (C=O) groups is 1. The molecule has 1 amide bonds. The summed E-state index contributed by atoms with van der Waals surface area (Å²) in [5.74, 6) is -2.88. The Morgan fingerprint density at radius 2 is 1.59 bits per heavy atom. The van der Waals surface area contributed by atoms with Crippen molar-refractivity contribution in [1.82, 2.24) is 9.62 Å². The Kier molecular flexibility index (Phi) is 4.70. The monoisotopic (exact) mass is 423 g/mol. The summed E-state index contributed by atoms with van der Waals surface area (Å²) >= 11 is 0. The molecule has 4 rings (SSSR count). The number of hydrogen-bond donors (Lipinski definition) is 1. The highest BCUT2D eigenvalue weighted by molar-refractivity contribution is 7.89. The topological polar surface area (TPSA) is 78.8 Å². The van der Waals surface area contributed by atoms with E-state index in [1.54, 1.807) is 0 Å². The van der Waals surface area contributed by atoms with Crippen molar-refractivity contribution in [2.75, 3.05) is 13.1 Å². The molecule has 2 aliphatic heterocycles. The van der Waals surface area contributed by atoms with Crippen molar-refractivity contribution in [3.8, 4) is 0 Å². The van der Waals surface area contributed by atoms with Gasteiger partial charge in [-0.2, -0.15) is 4.31 Å². The first-order valence-electron chi connectivity index (χ1n) is 8.84. The Balaban J connectivity index is 1.54. The van der Waals surface area contributed by atoms with Crippen molar-refractivity contribution in [3.63, 3.8) is 0 Å². The third-order valence-electron chi connectivity index (χ3n) is 5.07. The van der Waals surface area contributed by atoms with Crippen LogP contribution in [0, 0.1) is 17.5 Å². The molecule has 0 atom stereocenters. The van der Waals surface area contributed by atoms with E-state index in [2.05, 4.69) is 10.3 Å². The van der Waals surface area contributed by atoms with Gasteiger partial charge in [0.15, 0.2) is 0 Å². The minimum Gasteiger partial charge on any atom is -0.326 e. The number of benzene rings is 2. The minimum absolute atomic E-state index is 0.000369. The van der Waals surface area contributed by atoms with Crippen LogP contribution in [0.25, 0.3) is 0 Å². The maximum absolute atomic E-state index is 14.0. The predicted molar refractivity (Wildman–Crippen MR) is 98.2 cm³/mol. The number of sulfonamides is 1. The second-order valence-corrected chi connectivity index (χ2v) is 8.84. The number of amides is 1. The number of rotatable bonds is 3. The number of hydrogen-bond acceptors (Lipinski definition) is 4. The summed E-state index contributed by atoms with van der Waals surface area (Å²) in [5, 5.41) is 2.78. The largest absolute Gasteiger partial charge is 0.326 e. The molecule has 0 unspecified atom stereocenters. The summed E-state index contributed by atoms with van der Waals surface area (Å²) in [6.07, 6.45) is 0.372. The van der Waals surface area contributed by atoms with Gasteiger partial charge < -0.3 is 5.32 Å². The molecule has 29 heavy (non-hydrogen) atoms. The van der Waals surface area contributed by atoms with Crippen LogP contribution in [0.3, 0.4) is 0 Å². The molecular weight excluding hydrogens is 407 g/mol.